The predicted octanol–water partition coefficient (Wildman–Crippen LogP) is 2.16. The lowest BCUT2D eigenvalue weighted by atomic mass is 10.3. The minimum atomic E-state index is -0.514. The van der Waals surface area contributed by atoms with Crippen LogP contribution in [-0.2, 0) is 4.74 Å². The number of benzene rings is 1. The molecule has 0 aliphatic rings. The molecule has 1 rings (SSSR count). The maximum atomic E-state index is 11.1. The number of hydrogen-bond acceptors (Lipinski definition) is 4. The van der Waals surface area contributed by atoms with E-state index in [1.165, 1.54) is 0 Å². The average molecular weight is 220 g/mol. The molecule has 5 nitrogen and oxygen atoms in total. The van der Waals surface area contributed by atoms with Gasteiger partial charge in [0.2, 0.25) is 0 Å². The van der Waals surface area contributed by atoms with Gasteiger partial charge < -0.3 is 9.47 Å². The number of rotatable bonds is 4. The molecule has 16 heavy (non-hydrogen) atoms. The molecule has 1 amide bonds. The first-order valence-corrected chi connectivity index (χ1v) is 4.80. The van der Waals surface area contributed by atoms with Crippen LogP contribution in [0.15, 0.2) is 24.3 Å². The highest BCUT2D eigenvalue weighted by molar-refractivity contribution is 5.84. The average Bonchev–Trinajstić information content (AvgIpc) is 2.27. The van der Waals surface area contributed by atoms with Crippen LogP contribution in [0, 0.1) is 11.3 Å². The fraction of sp³-hybridized carbons (Fsp3) is 0.273. The molecule has 1 aromatic carbocycles. The maximum Gasteiger partial charge on any atom is 0.411 e. The number of nitriles is 1. The van der Waals surface area contributed by atoms with Gasteiger partial charge in [-0.05, 0) is 19.1 Å². The lowest BCUT2D eigenvalue weighted by molar-refractivity contribution is 0.168. The predicted molar refractivity (Wildman–Crippen MR) is 58.2 cm³/mol. The smallest absolute Gasteiger partial charge is 0.411 e. The van der Waals surface area contributed by atoms with Gasteiger partial charge in [-0.25, -0.2) is 4.79 Å². The van der Waals surface area contributed by atoms with E-state index in [-0.39, 0.29) is 6.61 Å². The number of carbonyl (C=O) groups is 1. The van der Waals surface area contributed by atoms with Gasteiger partial charge in [-0.15, -0.1) is 0 Å². The Balaban J connectivity index is 2.60. The molecule has 0 fully saturated rings. The Hall–Kier alpha value is -2.22. The monoisotopic (exact) mass is 220 g/mol. The van der Waals surface area contributed by atoms with Crippen LogP contribution in [0.2, 0.25) is 0 Å². The molecule has 1 N–H and O–H groups in total. The van der Waals surface area contributed by atoms with Crippen LogP contribution in [0.5, 0.6) is 5.75 Å². The zero-order valence-electron chi connectivity index (χ0n) is 8.90. The lowest BCUT2D eigenvalue weighted by Crippen LogP contribution is -2.13. The van der Waals surface area contributed by atoms with Crippen molar-refractivity contribution < 1.29 is 14.3 Å². The Labute approximate surface area is 93.6 Å². The van der Waals surface area contributed by atoms with Crippen LogP contribution in [0.1, 0.15) is 6.92 Å². The van der Waals surface area contributed by atoms with Crippen molar-refractivity contribution >= 4 is 11.8 Å². The first-order chi connectivity index (χ1) is 7.76. The van der Waals surface area contributed by atoms with Crippen LogP contribution in [-0.4, -0.2) is 19.3 Å². The third-order valence-corrected chi connectivity index (χ3v) is 1.66. The molecule has 84 valence electrons. The van der Waals surface area contributed by atoms with Crippen LogP contribution < -0.4 is 10.1 Å². The quantitative estimate of drug-likeness (QED) is 0.843. The Morgan fingerprint density at radius 1 is 1.56 bits per heavy atom. The zero-order valence-corrected chi connectivity index (χ0v) is 8.90. The van der Waals surface area contributed by atoms with Crippen LogP contribution in [0.25, 0.3) is 0 Å². The Morgan fingerprint density at radius 2 is 2.38 bits per heavy atom. The van der Waals surface area contributed by atoms with Crippen molar-refractivity contribution in [2.45, 2.75) is 6.92 Å². The molecule has 0 saturated heterocycles. The summed E-state index contributed by atoms with van der Waals surface area (Å²) in [5, 5.41) is 10.9. The van der Waals surface area contributed by atoms with E-state index in [9.17, 15) is 4.79 Å². The molecule has 0 unspecified atom stereocenters. The molecular formula is C11H12N2O3. The maximum absolute atomic E-state index is 11.1. The minimum Gasteiger partial charge on any atom is -0.479 e. The van der Waals surface area contributed by atoms with Gasteiger partial charge in [-0.3, -0.25) is 5.32 Å². The summed E-state index contributed by atoms with van der Waals surface area (Å²) in [6, 6.07) is 8.60. The fourth-order valence-corrected chi connectivity index (χ4v) is 1.06. The molecule has 0 aromatic heterocycles. The summed E-state index contributed by atoms with van der Waals surface area (Å²) in [6.07, 6.45) is -0.514. The van der Waals surface area contributed by atoms with Crippen LogP contribution in [0.4, 0.5) is 10.5 Å². The van der Waals surface area contributed by atoms with Gasteiger partial charge in [0.05, 0.1) is 6.61 Å². The largest absolute Gasteiger partial charge is 0.479 e. The number of ether oxygens (including phenoxy) is 2. The first-order valence-electron chi connectivity index (χ1n) is 4.80. The molecule has 0 radical (unpaired) electrons. The van der Waals surface area contributed by atoms with E-state index in [0.29, 0.717) is 18.0 Å². The zero-order chi connectivity index (χ0) is 11.8. The molecule has 0 bridgehead atoms. The molecule has 5 heteroatoms. The van der Waals surface area contributed by atoms with Crippen molar-refractivity contribution in [3.05, 3.63) is 24.3 Å². The third-order valence-electron chi connectivity index (χ3n) is 1.66. The van der Waals surface area contributed by atoms with E-state index in [0.717, 1.165) is 0 Å². The van der Waals surface area contributed by atoms with Gasteiger partial charge in [0.15, 0.2) is 6.61 Å². The third kappa shape index (κ3) is 3.88. The van der Waals surface area contributed by atoms with Crippen molar-refractivity contribution in [3.63, 3.8) is 0 Å². The van der Waals surface area contributed by atoms with E-state index in [4.69, 9.17) is 14.7 Å². The summed E-state index contributed by atoms with van der Waals surface area (Å²) >= 11 is 0. The van der Waals surface area contributed by atoms with Crippen LogP contribution >= 0.6 is 0 Å². The lowest BCUT2D eigenvalue weighted by Gasteiger charge is -2.06. The summed E-state index contributed by atoms with van der Waals surface area (Å²) in [5.74, 6) is 0.524. The van der Waals surface area contributed by atoms with E-state index in [1.54, 1.807) is 31.2 Å². The molecule has 0 heterocycles. The van der Waals surface area contributed by atoms with Gasteiger partial charge in [0.25, 0.3) is 0 Å². The second-order valence-corrected chi connectivity index (χ2v) is 2.82. The van der Waals surface area contributed by atoms with Crippen molar-refractivity contribution in [2.24, 2.45) is 0 Å². The fourth-order valence-electron chi connectivity index (χ4n) is 1.06. The summed E-state index contributed by atoms with van der Waals surface area (Å²) in [5.41, 5.74) is 0.564. The van der Waals surface area contributed by atoms with Crippen molar-refractivity contribution in [3.8, 4) is 11.8 Å². The number of hydrogen-bond donors (Lipinski definition) is 1. The van der Waals surface area contributed by atoms with E-state index in [1.807, 2.05) is 6.07 Å². The second-order valence-electron chi connectivity index (χ2n) is 2.82. The Kier molecular flexibility index (Phi) is 4.67. The number of anilines is 1. The van der Waals surface area contributed by atoms with E-state index >= 15 is 0 Å². The molecule has 0 aliphatic carbocycles. The minimum absolute atomic E-state index is 0.0249. The number of amides is 1. The summed E-state index contributed by atoms with van der Waals surface area (Å²) < 4.78 is 9.81. The molecule has 0 spiro atoms. The number of carbonyl (C=O) groups excluding carboxylic acids is 1. The van der Waals surface area contributed by atoms with Gasteiger partial charge in [0.1, 0.15) is 11.8 Å². The van der Waals surface area contributed by atoms with Crippen molar-refractivity contribution in [1.82, 2.24) is 0 Å². The van der Waals surface area contributed by atoms with Gasteiger partial charge >= 0.3 is 6.09 Å². The van der Waals surface area contributed by atoms with Crippen molar-refractivity contribution in [2.75, 3.05) is 18.5 Å². The molecule has 1 aromatic rings. The van der Waals surface area contributed by atoms with Gasteiger partial charge in [-0.2, -0.15) is 5.26 Å². The highest BCUT2D eigenvalue weighted by Gasteiger charge is 2.02. The SMILES string of the molecule is CCOC(=O)Nc1cccc(OCC#N)c1. The first kappa shape index (κ1) is 11.9. The summed E-state index contributed by atoms with van der Waals surface area (Å²) in [7, 11) is 0. The summed E-state index contributed by atoms with van der Waals surface area (Å²) in [4.78, 5) is 11.1. The topological polar surface area (TPSA) is 71.3 Å². The highest BCUT2D eigenvalue weighted by Crippen LogP contribution is 2.17. The molecule has 0 aliphatic heterocycles. The van der Waals surface area contributed by atoms with E-state index < -0.39 is 6.09 Å². The van der Waals surface area contributed by atoms with Gasteiger partial charge in [0, 0.05) is 11.8 Å². The normalized spacial score (nSPS) is 9.00. The molecule has 0 atom stereocenters. The van der Waals surface area contributed by atoms with Crippen molar-refractivity contribution in [1.29, 1.82) is 5.26 Å². The van der Waals surface area contributed by atoms with Crippen LogP contribution in [0.3, 0.4) is 0 Å². The second kappa shape index (κ2) is 6.30. The summed E-state index contributed by atoms with van der Waals surface area (Å²) in [6.45, 7) is 2.02. The number of nitrogens with zero attached hydrogens (tertiary/aromatic N) is 1. The molecule has 0 saturated carbocycles. The van der Waals surface area contributed by atoms with E-state index in [2.05, 4.69) is 5.32 Å². The molecular weight excluding hydrogens is 208 g/mol. The highest BCUT2D eigenvalue weighted by atomic mass is 16.5. The Bertz CT molecular complexity index is 398. The standard InChI is InChI=1S/C11H12N2O3/c1-2-15-11(14)13-9-4-3-5-10(8-9)16-7-6-12/h3-5,8H,2,7H2,1H3,(H,13,14). The Morgan fingerprint density at radius 3 is 3.06 bits per heavy atom. The number of nitrogens with one attached hydrogen (secondary N) is 1. The van der Waals surface area contributed by atoms with Gasteiger partial charge in [-0.1, -0.05) is 6.07 Å².